The molecule has 0 aliphatic carbocycles. The summed E-state index contributed by atoms with van der Waals surface area (Å²) in [6.07, 6.45) is 5.42. The quantitative estimate of drug-likeness (QED) is 0.728. The fraction of sp³-hybridized carbons (Fsp3) is 0.0769. The molecule has 84 valence electrons. The number of fused-ring (bicyclic) bond motifs is 1. The third-order valence-electron chi connectivity index (χ3n) is 2.67. The van der Waals surface area contributed by atoms with E-state index >= 15 is 0 Å². The Morgan fingerprint density at radius 1 is 1.18 bits per heavy atom. The van der Waals surface area contributed by atoms with Crippen molar-refractivity contribution in [3.05, 3.63) is 60.4 Å². The van der Waals surface area contributed by atoms with E-state index in [4.69, 9.17) is 4.42 Å². The molecular formula is C13H10N2O2. The molecule has 17 heavy (non-hydrogen) atoms. The first-order valence-electron chi connectivity index (χ1n) is 5.26. The maximum atomic E-state index is 10.2. The highest BCUT2D eigenvalue weighted by Gasteiger charge is 2.17. The van der Waals surface area contributed by atoms with Gasteiger partial charge in [0.1, 0.15) is 11.7 Å². The molecule has 1 aromatic carbocycles. The zero-order valence-corrected chi connectivity index (χ0v) is 8.95. The van der Waals surface area contributed by atoms with Crippen LogP contribution in [0.2, 0.25) is 0 Å². The van der Waals surface area contributed by atoms with Crippen molar-refractivity contribution in [1.29, 1.82) is 0 Å². The minimum Gasteiger partial charge on any atom is -0.464 e. The first-order chi connectivity index (χ1) is 8.36. The fourth-order valence-corrected chi connectivity index (χ4v) is 1.82. The highest BCUT2D eigenvalue weighted by atomic mass is 16.3. The Kier molecular flexibility index (Phi) is 2.34. The van der Waals surface area contributed by atoms with Crippen molar-refractivity contribution >= 4 is 11.0 Å². The van der Waals surface area contributed by atoms with Crippen LogP contribution < -0.4 is 0 Å². The predicted octanol–water partition coefficient (Wildman–Crippen LogP) is 2.30. The fourth-order valence-electron chi connectivity index (χ4n) is 1.82. The molecule has 4 nitrogen and oxygen atoms in total. The smallest absolute Gasteiger partial charge is 0.134 e. The van der Waals surface area contributed by atoms with Crippen LogP contribution in [0.15, 0.2) is 53.5 Å². The summed E-state index contributed by atoms with van der Waals surface area (Å²) in [5, 5.41) is 11.1. The van der Waals surface area contributed by atoms with Gasteiger partial charge in [0.15, 0.2) is 0 Å². The number of furan rings is 1. The van der Waals surface area contributed by atoms with Crippen molar-refractivity contribution < 1.29 is 9.52 Å². The van der Waals surface area contributed by atoms with Gasteiger partial charge < -0.3 is 9.52 Å². The second-order valence-corrected chi connectivity index (χ2v) is 3.72. The maximum absolute atomic E-state index is 10.2. The molecule has 0 fully saturated rings. The normalized spacial score (nSPS) is 12.8. The van der Waals surface area contributed by atoms with Crippen LogP contribution in [0.25, 0.3) is 11.0 Å². The van der Waals surface area contributed by atoms with Gasteiger partial charge in [0.05, 0.1) is 18.2 Å². The first kappa shape index (κ1) is 9.99. The van der Waals surface area contributed by atoms with Crippen molar-refractivity contribution in [2.75, 3.05) is 0 Å². The average Bonchev–Trinajstić information content (AvgIpc) is 2.83. The van der Waals surface area contributed by atoms with E-state index in [0.29, 0.717) is 11.3 Å². The minimum atomic E-state index is -0.813. The van der Waals surface area contributed by atoms with E-state index in [1.165, 1.54) is 0 Å². The van der Waals surface area contributed by atoms with Crippen LogP contribution >= 0.6 is 0 Å². The van der Waals surface area contributed by atoms with Gasteiger partial charge in [0.2, 0.25) is 0 Å². The van der Waals surface area contributed by atoms with Crippen molar-refractivity contribution in [2.45, 2.75) is 6.10 Å². The molecule has 2 heterocycles. The third kappa shape index (κ3) is 1.68. The molecule has 1 unspecified atom stereocenters. The van der Waals surface area contributed by atoms with Crippen LogP contribution in [0.4, 0.5) is 0 Å². The Bertz CT molecular complexity index is 634. The Morgan fingerprint density at radius 2 is 2.06 bits per heavy atom. The van der Waals surface area contributed by atoms with Gasteiger partial charge in [-0.05, 0) is 6.07 Å². The number of aromatic nitrogens is 2. The molecule has 0 saturated heterocycles. The summed E-state index contributed by atoms with van der Waals surface area (Å²) < 4.78 is 5.38. The summed E-state index contributed by atoms with van der Waals surface area (Å²) in [5.74, 6) is 0. The molecule has 0 amide bonds. The summed E-state index contributed by atoms with van der Waals surface area (Å²) in [4.78, 5) is 8.03. The Balaban J connectivity index is 2.10. The molecule has 0 aliphatic rings. The molecule has 1 atom stereocenters. The monoisotopic (exact) mass is 226 g/mol. The topological polar surface area (TPSA) is 59.2 Å². The molecule has 0 bridgehead atoms. The second kappa shape index (κ2) is 3.99. The van der Waals surface area contributed by atoms with E-state index in [-0.39, 0.29) is 0 Å². The van der Waals surface area contributed by atoms with Crippen molar-refractivity contribution in [3.8, 4) is 0 Å². The molecule has 2 aromatic heterocycles. The van der Waals surface area contributed by atoms with Crippen molar-refractivity contribution in [1.82, 2.24) is 9.97 Å². The Labute approximate surface area is 97.6 Å². The maximum Gasteiger partial charge on any atom is 0.134 e. The summed E-state index contributed by atoms with van der Waals surface area (Å²) in [7, 11) is 0. The van der Waals surface area contributed by atoms with Crippen LogP contribution in [0, 0.1) is 0 Å². The van der Waals surface area contributed by atoms with Crippen LogP contribution in [-0.2, 0) is 0 Å². The van der Waals surface area contributed by atoms with Gasteiger partial charge >= 0.3 is 0 Å². The SMILES string of the molecule is OC(c1cnccn1)c1coc2ccccc12. The lowest BCUT2D eigenvalue weighted by atomic mass is 10.1. The van der Waals surface area contributed by atoms with Gasteiger partial charge in [-0.15, -0.1) is 0 Å². The molecule has 3 rings (SSSR count). The van der Waals surface area contributed by atoms with Gasteiger partial charge in [0.25, 0.3) is 0 Å². The molecule has 1 N–H and O–H groups in total. The number of para-hydroxylation sites is 1. The zero-order chi connectivity index (χ0) is 11.7. The molecule has 0 aliphatic heterocycles. The zero-order valence-electron chi connectivity index (χ0n) is 8.95. The van der Waals surface area contributed by atoms with E-state index in [9.17, 15) is 5.11 Å². The highest BCUT2D eigenvalue weighted by molar-refractivity contribution is 5.81. The van der Waals surface area contributed by atoms with Crippen LogP contribution in [0.1, 0.15) is 17.4 Å². The summed E-state index contributed by atoms with van der Waals surface area (Å²) in [5.41, 5.74) is 1.98. The van der Waals surface area contributed by atoms with Gasteiger partial charge in [-0.3, -0.25) is 9.97 Å². The number of rotatable bonds is 2. The van der Waals surface area contributed by atoms with Crippen molar-refractivity contribution in [2.24, 2.45) is 0 Å². The van der Waals surface area contributed by atoms with Crippen LogP contribution in [0.3, 0.4) is 0 Å². The van der Waals surface area contributed by atoms with Gasteiger partial charge in [-0.25, -0.2) is 0 Å². The number of aliphatic hydroxyl groups is 1. The van der Waals surface area contributed by atoms with Crippen LogP contribution in [0.5, 0.6) is 0 Å². The van der Waals surface area contributed by atoms with Gasteiger partial charge in [0, 0.05) is 23.3 Å². The number of hydrogen-bond donors (Lipinski definition) is 1. The number of benzene rings is 1. The summed E-state index contributed by atoms with van der Waals surface area (Å²) in [6, 6.07) is 7.57. The predicted molar refractivity (Wildman–Crippen MR) is 62.3 cm³/mol. The molecular weight excluding hydrogens is 216 g/mol. The highest BCUT2D eigenvalue weighted by Crippen LogP contribution is 2.29. The number of aliphatic hydroxyl groups excluding tert-OH is 1. The van der Waals surface area contributed by atoms with E-state index in [0.717, 1.165) is 11.0 Å². The Hall–Kier alpha value is -2.20. The summed E-state index contributed by atoms with van der Waals surface area (Å²) >= 11 is 0. The third-order valence-corrected chi connectivity index (χ3v) is 2.67. The lowest BCUT2D eigenvalue weighted by molar-refractivity contribution is 0.215. The largest absolute Gasteiger partial charge is 0.464 e. The molecule has 0 spiro atoms. The Morgan fingerprint density at radius 3 is 2.88 bits per heavy atom. The molecule has 4 heteroatoms. The van der Waals surface area contributed by atoms with Gasteiger partial charge in [-0.2, -0.15) is 0 Å². The number of hydrogen-bond acceptors (Lipinski definition) is 4. The van der Waals surface area contributed by atoms with E-state index in [1.807, 2.05) is 24.3 Å². The van der Waals surface area contributed by atoms with E-state index in [1.54, 1.807) is 24.9 Å². The lowest BCUT2D eigenvalue weighted by Crippen LogP contribution is -2.01. The standard InChI is InChI=1S/C13H10N2O2/c16-13(11-7-14-5-6-15-11)10-8-17-12-4-2-1-3-9(10)12/h1-8,13,16H. The summed E-state index contributed by atoms with van der Waals surface area (Å²) in [6.45, 7) is 0. The molecule has 0 saturated carbocycles. The van der Waals surface area contributed by atoms with E-state index < -0.39 is 6.10 Å². The lowest BCUT2D eigenvalue weighted by Gasteiger charge is -2.07. The average molecular weight is 226 g/mol. The molecule has 3 aromatic rings. The second-order valence-electron chi connectivity index (χ2n) is 3.72. The number of nitrogens with zero attached hydrogens (tertiary/aromatic N) is 2. The minimum absolute atomic E-state index is 0.513. The van der Waals surface area contributed by atoms with E-state index in [2.05, 4.69) is 9.97 Å². The van der Waals surface area contributed by atoms with Crippen LogP contribution in [-0.4, -0.2) is 15.1 Å². The van der Waals surface area contributed by atoms with Crippen molar-refractivity contribution in [3.63, 3.8) is 0 Å². The first-order valence-corrected chi connectivity index (χ1v) is 5.26. The van der Waals surface area contributed by atoms with Gasteiger partial charge in [-0.1, -0.05) is 18.2 Å². The molecule has 0 radical (unpaired) electrons.